The number of nitrogens with one attached hydrogen (secondary N) is 1. The number of hydrogen-bond donors (Lipinski definition) is 3. The van der Waals surface area contributed by atoms with Crippen LogP contribution in [-0.4, -0.2) is 21.1 Å². The lowest BCUT2D eigenvalue weighted by atomic mass is 9.99. The quantitative estimate of drug-likeness (QED) is 0.356. The van der Waals surface area contributed by atoms with Gasteiger partial charge in [0.25, 0.3) is 0 Å². The summed E-state index contributed by atoms with van der Waals surface area (Å²) >= 11 is 1.29. The van der Waals surface area contributed by atoms with Crippen LogP contribution in [0.3, 0.4) is 0 Å². The molecule has 0 bridgehead atoms. The summed E-state index contributed by atoms with van der Waals surface area (Å²) < 4.78 is 0. The van der Waals surface area contributed by atoms with E-state index in [2.05, 4.69) is 10.3 Å². The third-order valence-corrected chi connectivity index (χ3v) is 5.71. The predicted molar refractivity (Wildman–Crippen MR) is 124 cm³/mol. The van der Waals surface area contributed by atoms with Gasteiger partial charge in [-0.25, -0.2) is 4.98 Å². The minimum atomic E-state index is -0.965. The molecule has 3 aromatic carbocycles. The topological polar surface area (TPSA) is 106 Å². The van der Waals surface area contributed by atoms with E-state index in [-0.39, 0.29) is 17.9 Å². The van der Waals surface area contributed by atoms with Crippen LogP contribution >= 0.6 is 11.3 Å². The van der Waals surface area contributed by atoms with Crippen molar-refractivity contribution in [3.05, 3.63) is 83.7 Å². The Morgan fingerprint density at radius 2 is 1.72 bits per heavy atom. The van der Waals surface area contributed by atoms with Gasteiger partial charge in [-0.2, -0.15) is 5.26 Å². The Bertz CT molecular complexity index is 1300. The zero-order valence-electron chi connectivity index (χ0n) is 16.9. The van der Waals surface area contributed by atoms with Crippen LogP contribution in [0.15, 0.2) is 78.2 Å². The molecule has 0 aliphatic rings. The predicted octanol–water partition coefficient (Wildman–Crippen LogP) is 5.21. The Kier molecular flexibility index (Phi) is 6.15. The number of amides is 1. The van der Waals surface area contributed by atoms with Crippen molar-refractivity contribution >= 4 is 22.4 Å². The molecule has 1 atom stereocenters. The molecule has 158 valence electrons. The zero-order chi connectivity index (χ0) is 22.5. The highest BCUT2D eigenvalue weighted by Gasteiger charge is 2.20. The second-order valence-corrected chi connectivity index (χ2v) is 8.04. The fraction of sp³-hybridized carbons (Fsp3) is 0.0800. The van der Waals surface area contributed by atoms with E-state index in [9.17, 15) is 20.3 Å². The molecule has 0 fully saturated rings. The van der Waals surface area contributed by atoms with Crippen molar-refractivity contribution in [2.24, 2.45) is 5.92 Å². The lowest BCUT2D eigenvalue weighted by Gasteiger charge is -2.09. The summed E-state index contributed by atoms with van der Waals surface area (Å²) in [6, 6.07) is 24.3. The molecule has 4 rings (SSSR count). The second-order valence-electron chi connectivity index (χ2n) is 7.18. The number of phenolic OH excluding ortho intramolecular Hbond substituents is 2. The van der Waals surface area contributed by atoms with Gasteiger partial charge in [0.2, 0.25) is 5.91 Å². The minimum absolute atomic E-state index is 0.105. The van der Waals surface area contributed by atoms with Gasteiger partial charge in [0.05, 0.1) is 11.8 Å². The normalized spacial score (nSPS) is 11.5. The first kappa shape index (κ1) is 21.1. The second kappa shape index (κ2) is 9.33. The molecule has 0 spiro atoms. The van der Waals surface area contributed by atoms with Crippen molar-refractivity contribution < 1.29 is 15.0 Å². The summed E-state index contributed by atoms with van der Waals surface area (Å²) in [4.78, 5) is 17.1. The van der Waals surface area contributed by atoms with E-state index in [1.807, 2.05) is 66.0 Å². The smallest absolute Gasteiger partial charge is 0.243 e. The monoisotopic (exact) mass is 441 g/mol. The number of carbonyl (C=O) groups excluding carboxylic acids is 1. The van der Waals surface area contributed by atoms with E-state index in [1.54, 1.807) is 6.07 Å². The summed E-state index contributed by atoms with van der Waals surface area (Å²) in [5.41, 5.74) is 4.41. The third-order valence-electron chi connectivity index (χ3n) is 4.95. The van der Waals surface area contributed by atoms with E-state index < -0.39 is 11.8 Å². The van der Waals surface area contributed by atoms with Crippen molar-refractivity contribution in [3.8, 4) is 40.0 Å². The molecule has 0 saturated heterocycles. The van der Waals surface area contributed by atoms with E-state index in [1.165, 1.54) is 23.5 Å². The van der Waals surface area contributed by atoms with Crippen molar-refractivity contribution in [1.82, 2.24) is 4.98 Å². The zero-order valence-corrected chi connectivity index (χ0v) is 17.7. The summed E-state index contributed by atoms with van der Waals surface area (Å²) in [6.07, 6.45) is 0.105. The average Bonchev–Trinajstić information content (AvgIpc) is 3.29. The van der Waals surface area contributed by atoms with Crippen LogP contribution in [0.5, 0.6) is 11.5 Å². The van der Waals surface area contributed by atoms with Crippen LogP contribution in [0.1, 0.15) is 5.56 Å². The minimum Gasteiger partial charge on any atom is -0.504 e. The molecule has 6 nitrogen and oxygen atoms in total. The van der Waals surface area contributed by atoms with Crippen LogP contribution in [0.25, 0.3) is 22.4 Å². The van der Waals surface area contributed by atoms with E-state index in [0.717, 1.165) is 22.4 Å². The van der Waals surface area contributed by atoms with Gasteiger partial charge in [0, 0.05) is 10.9 Å². The van der Waals surface area contributed by atoms with Crippen LogP contribution in [0.2, 0.25) is 0 Å². The Morgan fingerprint density at radius 1 is 0.969 bits per heavy atom. The van der Waals surface area contributed by atoms with Crippen LogP contribution in [0, 0.1) is 17.2 Å². The Labute approximate surface area is 189 Å². The SMILES string of the molecule is N#CC(Cc1ccc(O)c(O)c1)C(=O)Nc1nc(-c2cccc(-c3ccccc3)c2)cs1. The summed E-state index contributed by atoms with van der Waals surface area (Å²) in [5, 5.41) is 33.5. The number of nitriles is 1. The standard InChI is InChI=1S/C25H19N3O3S/c26-14-20(11-16-9-10-22(29)23(30)12-16)24(31)28-25-27-21(15-32-25)19-8-4-7-18(13-19)17-5-2-1-3-6-17/h1-10,12-13,15,20,29-30H,11H2,(H,27,28,31). The van der Waals surface area contributed by atoms with Crippen LogP contribution < -0.4 is 5.32 Å². The highest BCUT2D eigenvalue weighted by Crippen LogP contribution is 2.30. The van der Waals surface area contributed by atoms with E-state index >= 15 is 0 Å². The third kappa shape index (κ3) is 4.77. The van der Waals surface area contributed by atoms with Gasteiger partial charge in [0.15, 0.2) is 16.6 Å². The average molecular weight is 442 g/mol. The number of nitrogens with zero attached hydrogens (tertiary/aromatic N) is 2. The lowest BCUT2D eigenvalue weighted by molar-refractivity contribution is -0.118. The summed E-state index contributed by atoms with van der Waals surface area (Å²) in [6.45, 7) is 0. The van der Waals surface area contributed by atoms with Gasteiger partial charge >= 0.3 is 0 Å². The molecule has 1 heterocycles. The first-order valence-electron chi connectivity index (χ1n) is 9.86. The molecule has 0 aliphatic carbocycles. The molecule has 4 aromatic rings. The number of thiazole rings is 1. The van der Waals surface area contributed by atoms with E-state index in [0.29, 0.717) is 10.7 Å². The number of rotatable bonds is 6. The largest absolute Gasteiger partial charge is 0.504 e. The number of hydrogen-bond acceptors (Lipinski definition) is 6. The van der Waals surface area contributed by atoms with Gasteiger partial charge in [-0.05, 0) is 41.3 Å². The molecule has 0 aliphatic heterocycles. The fourth-order valence-corrected chi connectivity index (χ4v) is 4.00. The Hall–Kier alpha value is -4.15. The fourth-order valence-electron chi connectivity index (χ4n) is 3.27. The molecule has 1 aromatic heterocycles. The molecule has 0 radical (unpaired) electrons. The number of benzene rings is 3. The molecular formula is C25H19N3O3S. The van der Waals surface area contributed by atoms with Gasteiger partial charge in [0.1, 0.15) is 5.92 Å². The van der Waals surface area contributed by atoms with Gasteiger partial charge in [-0.3, -0.25) is 4.79 Å². The van der Waals surface area contributed by atoms with Crippen molar-refractivity contribution in [3.63, 3.8) is 0 Å². The van der Waals surface area contributed by atoms with Crippen molar-refractivity contribution in [2.45, 2.75) is 6.42 Å². The number of phenols is 2. The molecular weight excluding hydrogens is 422 g/mol. The molecule has 0 saturated carbocycles. The molecule has 1 unspecified atom stereocenters. The van der Waals surface area contributed by atoms with E-state index in [4.69, 9.17) is 0 Å². The number of aromatic nitrogens is 1. The Morgan fingerprint density at radius 3 is 2.47 bits per heavy atom. The highest BCUT2D eigenvalue weighted by molar-refractivity contribution is 7.14. The first-order valence-corrected chi connectivity index (χ1v) is 10.7. The molecule has 7 heteroatoms. The highest BCUT2D eigenvalue weighted by atomic mass is 32.1. The summed E-state index contributed by atoms with van der Waals surface area (Å²) in [7, 11) is 0. The van der Waals surface area contributed by atoms with Gasteiger partial charge in [-0.1, -0.05) is 54.6 Å². The molecule has 3 N–H and O–H groups in total. The number of aromatic hydroxyl groups is 2. The lowest BCUT2D eigenvalue weighted by Crippen LogP contribution is -2.23. The first-order chi connectivity index (χ1) is 15.5. The summed E-state index contributed by atoms with van der Waals surface area (Å²) in [5.74, 6) is -1.98. The molecule has 1 amide bonds. The van der Waals surface area contributed by atoms with Crippen molar-refractivity contribution in [2.75, 3.05) is 5.32 Å². The van der Waals surface area contributed by atoms with Gasteiger partial charge < -0.3 is 15.5 Å². The number of anilines is 1. The maximum absolute atomic E-state index is 12.6. The maximum Gasteiger partial charge on any atom is 0.243 e. The van der Waals surface area contributed by atoms with Crippen LogP contribution in [0.4, 0.5) is 5.13 Å². The number of carbonyl (C=O) groups is 1. The Balaban J connectivity index is 1.47. The van der Waals surface area contributed by atoms with Crippen LogP contribution in [-0.2, 0) is 11.2 Å². The van der Waals surface area contributed by atoms with Gasteiger partial charge in [-0.15, -0.1) is 11.3 Å². The molecule has 32 heavy (non-hydrogen) atoms. The maximum atomic E-state index is 12.6. The van der Waals surface area contributed by atoms with Crippen molar-refractivity contribution in [1.29, 1.82) is 5.26 Å².